The number of aromatic nitrogens is 1. The molecule has 0 saturated heterocycles. The maximum atomic E-state index is 12.4. The summed E-state index contributed by atoms with van der Waals surface area (Å²) in [6.45, 7) is 7.92. The first-order valence-electron chi connectivity index (χ1n) is 7.09. The lowest BCUT2D eigenvalue weighted by Crippen LogP contribution is -2.32. The number of carbonyl (C=O) groups is 1. The van der Waals surface area contributed by atoms with Crippen molar-refractivity contribution >= 4 is 51.5 Å². The highest BCUT2D eigenvalue weighted by Crippen LogP contribution is 2.14. The normalized spacial score (nSPS) is 10.7. The van der Waals surface area contributed by atoms with E-state index in [1.165, 1.54) is 10.6 Å². The molecule has 0 saturated carbocycles. The molecule has 1 aromatic heterocycles. The minimum absolute atomic E-state index is 0. The van der Waals surface area contributed by atoms with Crippen molar-refractivity contribution < 1.29 is 4.79 Å². The van der Waals surface area contributed by atoms with Crippen molar-refractivity contribution in [1.29, 1.82) is 0 Å². The van der Waals surface area contributed by atoms with Crippen LogP contribution in [0.4, 0.5) is 5.69 Å². The molecule has 0 radical (unpaired) electrons. The molecule has 5 nitrogen and oxygen atoms in total. The molecule has 2 rings (SSSR count). The van der Waals surface area contributed by atoms with Crippen LogP contribution < -0.4 is 15.7 Å². The SMILES string of the molecule is Br.C=CCN=c1sc(C(=O)Nc2ccc(Cl)cc2)cc(=O)n1CC=C. The number of amides is 1. The Balaban J connectivity index is 0.00000312. The van der Waals surface area contributed by atoms with E-state index in [4.69, 9.17) is 11.6 Å². The van der Waals surface area contributed by atoms with E-state index in [-0.39, 0.29) is 33.3 Å². The van der Waals surface area contributed by atoms with Crippen LogP contribution in [0.2, 0.25) is 5.02 Å². The second-order valence-corrected chi connectivity index (χ2v) is 6.17. The zero-order valence-corrected chi connectivity index (χ0v) is 16.6. The van der Waals surface area contributed by atoms with E-state index in [2.05, 4.69) is 23.5 Å². The fourth-order valence-electron chi connectivity index (χ4n) is 1.86. The third-order valence-electron chi connectivity index (χ3n) is 2.95. The third kappa shape index (κ3) is 5.81. The molecule has 1 aromatic carbocycles. The second kappa shape index (κ2) is 10.1. The zero-order chi connectivity index (χ0) is 17.5. The predicted octanol–water partition coefficient (Wildman–Crippen LogP) is 3.67. The molecule has 0 atom stereocenters. The van der Waals surface area contributed by atoms with Gasteiger partial charge in [-0.15, -0.1) is 30.1 Å². The molecule has 0 spiro atoms. The van der Waals surface area contributed by atoms with Crippen LogP contribution in [0.15, 0.2) is 65.4 Å². The van der Waals surface area contributed by atoms with E-state index in [9.17, 15) is 9.59 Å². The van der Waals surface area contributed by atoms with Crippen LogP contribution in [-0.4, -0.2) is 17.0 Å². The van der Waals surface area contributed by atoms with E-state index in [0.717, 1.165) is 11.3 Å². The van der Waals surface area contributed by atoms with Crippen molar-refractivity contribution in [2.24, 2.45) is 4.99 Å². The van der Waals surface area contributed by atoms with Gasteiger partial charge in [-0.3, -0.25) is 19.1 Å². The number of nitrogens with zero attached hydrogens (tertiary/aromatic N) is 2. The number of nitrogens with one attached hydrogen (secondary N) is 1. The summed E-state index contributed by atoms with van der Waals surface area (Å²) in [6.07, 6.45) is 3.23. The Kier molecular flexibility index (Phi) is 8.54. The first-order valence-corrected chi connectivity index (χ1v) is 8.28. The van der Waals surface area contributed by atoms with Gasteiger partial charge >= 0.3 is 0 Å². The molecule has 0 aliphatic carbocycles. The molecule has 0 aliphatic rings. The highest BCUT2D eigenvalue weighted by molar-refractivity contribution is 8.93. The number of benzene rings is 1. The summed E-state index contributed by atoms with van der Waals surface area (Å²) in [5, 5.41) is 3.31. The Morgan fingerprint density at radius 2 is 1.96 bits per heavy atom. The minimum Gasteiger partial charge on any atom is -0.321 e. The van der Waals surface area contributed by atoms with Crippen molar-refractivity contribution in [1.82, 2.24) is 4.57 Å². The quantitative estimate of drug-likeness (QED) is 0.694. The van der Waals surface area contributed by atoms with Gasteiger partial charge in [0.25, 0.3) is 11.5 Å². The van der Waals surface area contributed by atoms with Crippen LogP contribution in [0.1, 0.15) is 9.67 Å². The van der Waals surface area contributed by atoms with Gasteiger partial charge in [0.2, 0.25) is 0 Å². The van der Waals surface area contributed by atoms with E-state index in [1.807, 2.05) is 0 Å². The van der Waals surface area contributed by atoms with Gasteiger partial charge in [-0.2, -0.15) is 0 Å². The fraction of sp³-hybridized carbons (Fsp3) is 0.118. The van der Waals surface area contributed by atoms with Crippen molar-refractivity contribution in [3.63, 3.8) is 0 Å². The van der Waals surface area contributed by atoms with Gasteiger partial charge in [-0.25, -0.2) is 0 Å². The lowest BCUT2D eigenvalue weighted by atomic mass is 10.3. The Labute approximate surface area is 164 Å². The molecular formula is C17H17BrClN3O2S. The number of halogens is 2. The Hall–Kier alpha value is -1.96. The molecular weight excluding hydrogens is 426 g/mol. The molecule has 0 fully saturated rings. The number of carbonyl (C=O) groups excluding carboxylic acids is 1. The van der Waals surface area contributed by atoms with Crippen LogP contribution in [0.3, 0.4) is 0 Å². The maximum Gasteiger partial charge on any atom is 0.266 e. The van der Waals surface area contributed by atoms with Gasteiger partial charge in [0.15, 0.2) is 4.80 Å². The molecule has 132 valence electrons. The average Bonchev–Trinajstić information content (AvgIpc) is 2.57. The van der Waals surface area contributed by atoms with Crippen LogP contribution in [0, 0.1) is 0 Å². The molecule has 0 aliphatic heterocycles. The van der Waals surface area contributed by atoms with Crippen LogP contribution >= 0.6 is 39.9 Å². The van der Waals surface area contributed by atoms with E-state index in [1.54, 1.807) is 36.4 Å². The maximum absolute atomic E-state index is 12.4. The number of hydrogen-bond acceptors (Lipinski definition) is 4. The van der Waals surface area contributed by atoms with Gasteiger partial charge in [-0.05, 0) is 24.3 Å². The highest BCUT2D eigenvalue weighted by atomic mass is 79.9. The summed E-state index contributed by atoms with van der Waals surface area (Å²) >= 11 is 6.96. The van der Waals surface area contributed by atoms with E-state index in [0.29, 0.717) is 28.6 Å². The van der Waals surface area contributed by atoms with E-state index < -0.39 is 0 Å². The summed E-state index contributed by atoms with van der Waals surface area (Å²) < 4.78 is 1.46. The van der Waals surface area contributed by atoms with Crippen molar-refractivity contribution in [3.8, 4) is 0 Å². The van der Waals surface area contributed by atoms with E-state index >= 15 is 0 Å². The molecule has 1 heterocycles. The number of allylic oxidation sites excluding steroid dienone is 1. The van der Waals surface area contributed by atoms with Gasteiger partial charge in [0.1, 0.15) is 4.88 Å². The van der Waals surface area contributed by atoms with Crippen LogP contribution in [0.25, 0.3) is 0 Å². The molecule has 2 aromatic rings. The van der Waals surface area contributed by atoms with Crippen molar-refractivity contribution in [2.45, 2.75) is 6.54 Å². The zero-order valence-electron chi connectivity index (χ0n) is 13.3. The minimum atomic E-state index is -0.375. The summed E-state index contributed by atoms with van der Waals surface area (Å²) in [7, 11) is 0. The molecule has 25 heavy (non-hydrogen) atoms. The molecule has 1 amide bonds. The summed E-state index contributed by atoms with van der Waals surface area (Å²) in [5.41, 5.74) is 0.286. The molecule has 0 bridgehead atoms. The standard InChI is InChI=1S/C17H16ClN3O2S.BrH/c1-3-9-19-17-21(10-4-2)15(22)11-14(24-17)16(23)20-13-7-5-12(18)6-8-13;/h3-8,11H,1-2,9-10H2,(H,20,23);1H. The Morgan fingerprint density at radius 1 is 1.28 bits per heavy atom. The van der Waals surface area contributed by atoms with Gasteiger partial charge < -0.3 is 5.32 Å². The Morgan fingerprint density at radius 3 is 2.56 bits per heavy atom. The van der Waals surface area contributed by atoms with Gasteiger partial charge in [0.05, 0.1) is 6.54 Å². The summed E-state index contributed by atoms with van der Waals surface area (Å²) in [6, 6.07) is 8.02. The average molecular weight is 443 g/mol. The fourth-order valence-corrected chi connectivity index (χ4v) is 2.90. The molecule has 1 N–H and O–H groups in total. The number of anilines is 1. The largest absolute Gasteiger partial charge is 0.321 e. The highest BCUT2D eigenvalue weighted by Gasteiger charge is 2.11. The van der Waals surface area contributed by atoms with Crippen molar-refractivity contribution in [2.75, 3.05) is 11.9 Å². The molecule has 8 heteroatoms. The second-order valence-electron chi connectivity index (χ2n) is 4.72. The van der Waals surface area contributed by atoms with Crippen LogP contribution in [0.5, 0.6) is 0 Å². The predicted molar refractivity (Wildman–Crippen MR) is 109 cm³/mol. The first-order chi connectivity index (χ1) is 11.5. The lowest BCUT2D eigenvalue weighted by Gasteiger charge is -2.07. The third-order valence-corrected chi connectivity index (χ3v) is 4.25. The number of rotatable bonds is 6. The first kappa shape index (κ1) is 21.1. The van der Waals surface area contributed by atoms with Crippen molar-refractivity contribution in [3.05, 3.63) is 80.7 Å². The summed E-state index contributed by atoms with van der Waals surface area (Å²) in [5.74, 6) is -0.375. The smallest absolute Gasteiger partial charge is 0.266 e. The number of hydrogen-bond donors (Lipinski definition) is 1. The molecule has 0 unspecified atom stereocenters. The van der Waals surface area contributed by atoms with Gasteiger partial charge in [-0.1, -0.05) is 35.1 Å². The van der Waals surface area contributed by atoms with Gasteiger partial charge in [0, 0.05) is 23.3 Å². The lowest BCUT2D eigenvalue weighted by molar-refractivity contribution is 0.103. The Bertz CT molecular complexity index is 888. The summed E-state index contributed by atoms with van der Waals surface area (Å²) in [4.78, 5) is 29.6. The topological polar surface area (TPSA) is 63.5 Å². The monoisotopic (exact) mass is 441 g/mol. The van der Waals surface area contributed by atoms with Crippen LogP contribution in [-0.2, 0) is 6.54 Å².